The monoisotopic (exact) mass is 689 g/mol. The number of nitrogens with one attached hydrogen (secondary N) is 3. The van der Waals surface area contributed by atoms with Crippen LogP contribution in [0.25, 0.3) is 17.4 Å². The Morgan fingerprint density at radius 1 is 0.820 bits per heavy atom. The first kappa shape index (κ1) is 35.6. The van der Waals surface area contributed by atoms with Gasteiger partial charge in [0.2, 0.25) is 5.91 Å². The van der Waals surface area contributed by atoms with Crippen molar-refractivity contribution in [2.24, 2.45) is 0 Å². The van der Waals surface area contributed by atoms with Gasteiger partial charge in [-0.05, 0) is 98.3 Å². The SMILES string of the molecule is CCCCOc1ccc(NC(=O)[C@@H](C)Sc2ccc(NC(=O)/C(=C/c3ccc(-c4ccccc4OC)o3)NC(=O)c3ccccc3)cc2)cc1. The van der Waals surface area contributed by atoms with Gasteiger partial charge in [-0.15, -0.1) is 11.8 Å². The summed E-state index contributed by atoms with van der Waals surface area (Å²) in [6, 6.07) is 34.0. The summed E-state index contributed by atoms with van der Waals surface area (Å²) in [6.45, 7) is 4.61. The minimum absolute atomic E-state index is 0.0101. The topological polar surface area (TPSA) is 119 Å². The fraction of sp³-hybridized carbons (Fsp3) is 0.175. The molecule has 9 nitrogen and oxygen atoms in total. The van der Waals surface area contributed by atoms with Crippen LogP contribution in [-0.2, 0) is 9.59 Å². The van der Waals surface area contributed by atoms with E-state index >= 15 is 0 Å². The Labute approximate surface area is 296 Å². The highest BCUT2D eigenvalue weighted by Crippen LogP contribution is 2.32. The minimum Gasteiger partial charge on any atom is -0.496 e. The van der Waals surface area contributed by atoms with Crippen molar-refractivity contribution in [1.29, 1.82) is 0 Å². The first-order valence-corrected chi connectivity index (χ1v) is 17.1. The second kappa shape index (κ2) is 17.6. The summed E-state index contributed by atoms with van der Waals surface area (Å²) in [5.74, 6) is 1.19. The predicted molar refractivity (Wildman–Crippen MR) is 198 cm³/mol. The molecule has 0 saturated heterocycles. The molecule has 256 valence electrons. The average Bonchev–Trinajstić information content (AvgIpc) is 3.61. The van der Waals surface area contributed by atoms with Crippen molar-refractivity contribution in [3.05, 3.63) is 132 Å². The molecule has 0 saturated carbocycles. The maximum absolute atomic E-state index is 13.6. The molecule has 0 unspecified atom stereocenters. The van der Waals surface area contributed by atoms with Crippen molar-refractivity contribution in [2.45, 2.75) is 36.8 Å². The highest BCUT2D eigenvalue weighted by molar-refractivity contribution is 8.00. The van der Waals surface area contributed by atoms with E-state index < -0.39 is 11.8 Å². The van der Waals surface area contributed by atoms with E-state index in [1.807, 2.05) is 67.6 Å². The van der Waals surface area contributed by atoms with Crippen LogP contribution in [0.5, 0.6) is 11.5 Å². The smallest absolute Gasteiger partial charge is 0.272 e. The van der Waals surface area contributed by atoms with E-state index in [9.17, 15) is 14.4 Å². The molecule has 1 heterocycles. The van der Waals surface area contributed by atoms with Crippen LogP contribution in [0, 0.1) is 0 Å². The third-order valence-electron chi connectivity index (χ3n) is 7.50. The fourth-order valence-electron chi connectivity index (χ4n) is 4.79. The largest absolute Gasteiger partial charge is 0.496 e. The Hall–Kier alpha value is -5.74. The third kappa shape index (κ3) is 9.90. The van der Waals surface area contributed by atoms with Crippen LogP contribution in [-0.4, -0.2) is 36.7 Å². The van der Waals surface area contributed by atoms with Gasteiger partial charge in [-0.1, -0.05) is 43.7 Å². The van der Waals surface area contributed by atoms with Crippen molar-refractivity contribution in [3.8, 4) is 22.8 Å². The maximum Gasteiger partial charge on any atom is 0.272 e. The molecule has 1 aromatic heterocycles. The zero-order chi connectivity index (χ0) is 35.3. The Balaban J connectivity index is 1.24. The molecular formula is C40H39N3O6S. The number of rotatable bonds is 15. The van der Waals surface area contributed by atoms with Gasteiger partial charge in [0.05, 0.1) is 24.5 Å². The summed E-state index contributed by atoms with van der Waals surface area (Å²) in [5, 5.41) is 8.14. The molecule has 3 N–H and O–H groups in total. The lowest BCUT2D eigenvalue weighted by molar-refractivity contribution is -0.115. The van der Waals surface area contributed by atoms with Gasteiger partial charge in [-0.2, -0.15) is 0 Å². The van der Waals surface area contributed by atoms with Crippen molar-refractivity contribution in [3.63, 3.8) is 0 Å². The number of furan rings is 1. The van der Waals surface area contributed by atoms with Gasteiger partial charge in [-0.25, -0.2) is 0 Å². The number of amides is 3. The van der Waals surface area contributed by atoms with Gasteiger partial charge in [0.25, 0.3) is 11.8 Å². The number of carbonyl (C=O) groups is 3. The molecule has 10 heteroatoms. The number of benzene rings is 4. The molecular weight excluding hydrogens is 651 g/mol. The van der Waals surface area contributed by atoms with Gasteiger partial charge in [0.15, 0.2) is 0 Å². The number of methoxy groups -OCH3 is 1. The molecule has 0 spiro atoms. The standard InChI is InChI=1S/C40H39N3O6S/c1-4-5-25-48-31-19-15-29(16-20-31)41-38(44)27(2)50-33-22-17-30(18-23-33)42-40(46)35(43-39(45)28-11-7-6-8-12-28)26-32-21-24-37(49-32)34-13-9-10-14-36(34)47-3/h6-24,26-27H,4-5,25H2,1-3H3,(H,41,44)(H,42,46)(H,43,45)/b35-26-/t27-/m1/s1. The lowest BCUT2D eigenvalue weighted by Crippen LogP contribution is -2.30. The fourth-order valence-corrected chi connectivity index (χ4v) is 5.66. The Morgan fingerprint density at radius 2 is 1.50 bits per heavy atom. The molecule has 0 bridgehead atoms. The number of carbonyl (C=O) groups excluding carboxylic acids is 3. The highest BCUT2D eigenvalue weighted by atomic mass is 32.2. The number of thioether (sulfide) groups is 1. The molecule has 0 aliphatic rings. The van der Waals surface area contributed by atoms with Crippen LogP contribution in [0.2, 0.25) is 0 Å². The number of hydrogen-bond acceptors (Lipinski definition) is 7. The van der Waals surface area contributed by atoms with Crippen LogP contribution in [0.4, 0.5) is 11.4 Å². The lowest BCUT2D eigenvalue weighted by atomic mass is 10.1. The summed E-state index contributed by atoms with van der Waals surface area (Å²) in [5.41, 5.74) is 2.34. The summed E-state index contributed by atoms with van der Waals surface area (Å²) < 4.78 is 17.2. The van der Waals surface area contributed by atoms with Crippen LogP contribution in [0.1, 0.15) is 42.8 Å². The number of anilines is 2. The van der Waals surface area contributed by atoms with Crippen molar-refractivity contribution in [1.82, 2.24) is 5.32 Å². The summed E-state index contributed by atoms with van der Waals surface area (Å²) in [7, 11) is 1.58. The molecule has 50 heavy (non-hydrogen) atoms. The van der Waals surface area contributed by atoms with E-state index in [0.29, 0.717) is 40.8 Å². The average molecular weight is 690 g/mol. The number of ether oxygens (including phenoxy) is 2. The normalized spacial score (nSPS) is 11.7. The van der Waals surface area contributed by atoms with E-state index in [2.05, 4.69) is 22.9 Å². The quantitative estimate of drug-likeness (QED) is 0.0572. The van der Waals surface area contributed by atoms with Gasteiger partial charge in [0.1, 0.15) is 28.7 Å². The van der Waals surface area contributed by atoms with Crippen molar-refractivity contribution >= 4 is 46.9 Å². The molecule has 5 aromatic rings. The molecule has 0 radical (unpaired) electrons. The van der Waals surface area contributed by atoms with E-state index in [1.165, 1.54) is 17.8 Å². The molecule has 4 aromatic carbocycles. The van der Waals surface area contributed by atoms with Crippen LogP contribution in [0.3, 0.4) is 0 Å². The maximum atomic E-state index is 13.6. The highest BCUT2D eigenvalue weighted by Gasteiger charge is 2.18. The van der Waals surface area contributed by atoms with Gasteiger partial charge < -0.3 is 29.8 Å². The number of hydrogen-bond donors (Lipinski definition) is 3. The predicted octanol–water partition coefficient (Wildman–Crippen LogP) is 8.66. The summed E-state index contributed by atoms with van der Waals surface area (Å²) in [4.78, 5) is 40.4. The van der Waals surface area contributed by atoms with Crippen LogP contribution >= 0.6 is 11.8 Å². The lowest BCUT2D eigenvalue weighted by Gasteiger charge is -2.14. The molecule has 1 atom stereocenters. The number of unbranched alkanes of at least 4 members (excludes halogenated alkanes) is 1. The van der Waals surface area contributed by atoms with Gasteiger partial charge in [-0.3, -0.25) is 14.4 Å². The van der Waals surface area contributed by atoms with E-state index in [0.717, 1.165) is 29.1 Å². The Kier molecular flexibility index (Phi) is 12.5. The molecule has 3 amide bonds. The molecule has 0 fully saturated rings. The van der Waals surface area contributed by atoms with E-state index in [-0.39, 0.29) is 16.9 Å². The summed E-state index contributed by atoms with van der Waals surface area (Å²) in [6.07, 6.45) is 3.53. The zero-order valence-electron chi connectivity index (χ0n) is 28.1. The number of para-hydroxylation sites is 1. The van der Waals surface area contributed by atoms with Gasteiger partial charge in [0, 0.05) is 27.9 Å². The minimum atomic E-state index is -0.542. The van der Waals surface area contributed by atoms with Crippen LogP contribution < -0.4 is 25.4 Å². The Morgan fingerprint density at radius 3 is 2.22 bits per heavy atom. The first-order chi connectivity index (χ1) is 24.3. The molecule has 5 rings (SSSR count). The first-order valence-electron chi connectivity index (χ1n) is 16.3. The molecule has 0 aliphatic heterocycles. The Bertz CT molecular complexity index is 1920. The molecule has 0 aliphatic carbocycles. The van der Waals surface area contributed by atoms with Crippen molar-refractivity contribution in [2.75, 3.05) is 24.4 Å². The summed E-state index contributed by atoms with van der Waals surface area (Å²) >= 11 is 1.39. The van der Waals surface area contributed by atoms with Crippen LogP contribution in [0.15, 0.2) is 130 Å². The zero-order valence-corrected chi connectivity index (χ0v) is 28.9. The van der Waals surface area contributed by atoms with E-state index in [4.69, 9.17) is 13.9 Å². The second-order valence-electron chi connectivity index (χ2n) is 11.2. The van der Waals surface area contributed by atoms with Crippen molar-refractivity contribution < 1.29 is 28.3 Å². The van der Waals surface area contributed by atoms with Gasteiger partial charge >= 0.3 is 0 Å². The van der Waals surface area contributed by atoms with E-state index in [1.54, 1.807) is 61.7 Å². The third-order valence-corrected chi connectivity index (χ3v) is 8.61. The second-order valence-corrected chi connectivity index (χ2v) is 12.6.